The minimum absolute atomic E-state index is 0.0174. The summed E-state index contributed by atoms with van der Waals surface area (Å²) in [6.07, 6.45) is 1.03. The Balaban J connectivity index is 2.40. The second kappa shape index (κ2) is 6.18. The van der Waals surface area contributed by atoms with Gasteiger partial charge in [0.05, 0.1) is 12.6 Å². The third-order valence-electron chi connectivity index (χ3n) is 3.54. The summed E-state index contributed by atoms with van der Waals surface area (Å²) < 4.78 is 0. The maximum atomic E-state index is 12.0. The smallest absolute Gasteiger partial charge is 0.242 e. The zero-order valence-electron chi connectivity index (χ0n) is 11.8. The van der Waals surface area contributed by atoms with Gasteiger partial charge in [-0.3, -0.25) is 9.59 Å². The Morgan fingerprint density at radius 1 is 1.39 bits per heavy atom. The molecule has 0 saturated carbocycles. The van der Waals surface area contributed by atoms with Gasteiger partial charge in [-0.15, -0.1) is 0 Å². The van der Waals surface area contributed by atoms with Crippen LogP contribution < -0.4 is 11.1 Å². The number of nitrogens with zero attached hydrogens (tertiary/aromatic N) is 1. The van der Waals surface area contributed by atoms with Crippen LogP contribution in [0.25, 0.3) is 0 Å². The topological polar surface area (TPSA) is 75.4 Å². The van der Waals surface area contributed by atoms with Crippen molar-refractivity contribution in [2.45, 2.75) is 46.2 Å². The quantitative estimate of drug-likeness (QED) is 0.761. The molecule has 0 aliphatic carbocycles. The van der Waals surface area contributed by atoms with Crippen molar-refractivity contribution >= 4 is 11.8 Å². The molecule has 3 N–H and O–H groups in total. The van der Waals surface area contributed by atoms with E-state index in [1.807, 2.05) is 25.7 Å². The fourth-order valence-electron chi connectivity index (χ4n) is 2.33. The Morgan fingerprint density at radius 3 is 2.44 bits per heavy atom. The van der Waals surface area contributed by atoms with Crippen LogP contribution in [0.1, 0.15) is 34.1 Å². The van der Waals surface area contributed by atoms with E-state index in [9.17, 15) is 9.59 Å². The highest BCUT2D eigenvalue weighted by atomic mass is 16.2. The minimum Gasteiger partial charge on any atom is -0.346 e. The van der Waals surface area contributed by atoms with Gasteiger partial charge in [-0.25, -0.2) is 0 Å². The number of nitrogens with two attached hydrogens (primary N) is 1. The zero-order chi connectivity index (χ0) is 13.9. The van der Waals surface area contributed by atoms with Gasteiger partial charge in [0.2, 0.25) is 11.8 Å². The normalized spacial score (nSPS) is 25.3. The summed E-state index contributed by atoms with van der Waals surface area (Å²) in [6.45, 7) is 8.79. The standard InChI is InChI=1S/C13H25N3O2/c1-8(2)12(14)13(18)15-6-11(17)16-7-9(3)5-10(16)4/h8-10,12H,5-7,14H2,1-4H3,(H,15,18)/t9?,10?,12-/m0/s1. The van der Waals surface area contributed by atoms with Crippen molar-refractivity contribution in [2.24, 2.45) is 17.6 Å². The fraction of sp³-hybridized carbons (Fsp3) is 0.846. The van der Waals surface area contributed by atoms with Crippen molar-refractivity contribution in [3.8, 4) is 0 Å². The summed E-state index contributed by atoms with van der Waals surface area (Å²) in [6, 6.07) is -0.282. The lowest BCUT2D eigenvalue weighted by molar-refractivity contribution is -0.133. The Hall–Kier alpha value is -1.10. The monoisotopic (exact) mass is 255 g/mol. The number of likely N-dealkylation sites (tertiary alicyclic amines) is 1. The zero-order valence-corrected chi connectivity index (χ0v) is 11.8. The van der Waals surface area contributed by atoms with E-state index in [1.54, 1.807) is 0 Å². The van der Waals surface area contributed by atoms with Gasteiger partial charge in [-0.05, 0) is 25.2 Å². The first kappa shape index (κ1) is 15.0. The van der Waals surface area contributed by atoms with Gasteiger partial charge in [-0.2, -0.15) is 0 Å². The summed E-state index contributed by atoms with van der Waals surface area (Å²) in [5.74, 6) is 0.345. The van der Waals surface area contributed by atoms with Gasteiger partial charge < -0.3 is 16.0 Å². The number of carbonyl (C=O) groups is 2. The Morgan fingerprint density at radius 2 is 2.00 bits per heavy atom. The fourth-order valence-corrected chi connectivity index (χ4v) is 2.33. The molecule has 1 aliphatic heterocycles. The van der Waals surface area contributed by atoms with Gasteiger partial charge in [0.25, 0.3) is 0 Å². The maximum absolute atomic E-state index is 12.0. The lowest BCUT2D eigenvalue weighted by atomic mass is 10.1. The van der Waals surface area contributed by atoms with Gasteiger partial charge in [0.15, 0.2) is 0 Å². The van der Waals surface area contributed by atoms with Crippen LogP contribution in [0.5, 0.6) is 0 Å². The number of rotatable bonds is 4. The van der Waals surface area contributed by atoms with Crippen LogP contribution in [0.3, 0.4) is 0 Å². The number of amides is 2. The molecule has 1 aliphatic rings. The second-order valence-corrected chi connectivity index (χ2v) is 5.72. The number of hydrogen-bond acceptors (Lipinski definition) is 3. The molecule has 3 atom stereocenters. The molecule has 1 rings (SSSR count). The molecule has 0 aromatic carbocycles. The van der Waals surface area contributed by atoms with E-state index in [2.05, 4.69) is 12.2 Å². The van der Waals surface area contributed by atoms with E-state index >= 15 is 0 Å². The molecule has 5 heteroatoms. The molecule has 2 unspecified atom stereocenters. The van der Waals surface area contributed by atoms with Gasteiger partial charge in [-0.1, -0.05) is 20.8 Å². The molecule has 0 radical (unpaired) electrons. The van der Waals surface area contributed by atoms with Crippen LogP contribution >= 0.6 is 0 Å². The molecule has 0 spiro atoms. The first-order valence-corrected chi connectivity index (χ1v) is 6.65. The highest BCUT2D eigenvalue weighted by Crippen LogP contribution is 2.21. The van der Waals surface area contributed by atoms with E-state index in [0.29, 0.717) is 5.92 Å². The predicted octanol–water partition coefficient (Wildman–Crippen LogP) is 0.343. The highest BCUT2D eigenvalue weighted by Gasteiger charge is 2.30. The van der Waals surface area contributed by atoms with Crippen LogP contribution in [0, 0.1) is 11.8 Å². The van der Waals surface area contributed by atoms with Crippen LogP contribution in [0.4, 0.5) is 0 Å². The van der Waals surface area contributed by atoms with E-state index < -0.39 is 6.04 Å². The third kappa shape index (κ3) is 3.70. The molecule has 2 amide bonds. The summed E-state index contributed by atoms with van der Waals surface area (Å²) >= 11 is 0. The first-order valence-electron chi connectivity index (χ1n) is 6.65. The average Bonchev–Trinajstić information content (AvgIpc) is 2.63. The van der Waals surface area contributed by atoms with E-state index in [0.717, 1.165) is 13.0 Å². The van der Waals surface area contributed by atoms with Crippen molar-refractivity contribution in [3.63, 3.8) is 0 Å². The minimum atomic E-state index is -0.548. The summed E-state index contributed by atoms with van der Waals surface area (Å²) in [5, 5.41) is 2.62. The van der Waals surface area contributed by atoms with Crippen molar-refractivity contribution < 1.29 is 9.59 Å². The first-order chi connectivity index (χ1) is 8.32. The van der Waals surface area contributed by atoms with E-state index in [4.69, 9.17) is 5.73 Å². The van der Waals surface area contributed by atoms with Gasteiger partial charge in [0.1, 0.15) is 0 Å². The molecule has 18 heavy (non-hydrogen) atoms. The molecule has 5 nitrogen and oxygen atoms in total. The summed E-state index contributed by atoms with van der Waals surface area (Å²) in [4.78, 5) is 25.5. The predicted molar refractivity (Wildman–Crippen MR) is 70.8 cm³/mol. The molecule has 0 bridgehead atoms. The maximum Gasteiger partial charge on any atom is 0.242 e. The molecule has 0 aromatic rings. The highest BCUT2D eigenvalue weighted by molar-refractivity contribution is 5.87. The van der Waals surface area contributed by atoms with E-state index in [1.165, 1.54) is 0 Å². The molecular weight excluding hydrogens is 230 g/mol. The number of carbonyl (C=O) groups excluding carboxylic acids is 2. The summed E-state index contributed by atoms with van der Waals surface area (Å²) in [7, 11) is 0. The summed E-state index contributed by atoms with van der Waals surface area (Å²) in [5.41, 5.74) is 5.71. The van der Waals surface area contributed by atoms with Crippen LogP contribution in [0.15, 0.2) is 0 Å². The molecule has 104 valence electrons. The SMILES string of the molecule is CC1CC(C)N(C(=O)CNC(=O)[C@@H](N)C(C)C)C1. The van der Waals surface area contributed by atoms with Crippen molar-refractivity contribution in [3.05, 3.63) is 0 Å². The lowest BCUT2D eigenvalue weighted by Gasteiger charge is -2.22. The average molecular weight is 255 g/mol. The number of hydrogen-bond donors (Lipinski definition) is 2. The van der Waals surface area contributed by atoms with Crippen molar-refractivity contribution in [1.82, 2.24) is 10.2 Å². The Labute approximate surface area is 109 Å². The van der Waals surface area contributed by atoms with Gasteiger partial charge >= 0.3 is 0 Å². The molecule has 0 aromatic heterocycles. The van der Waals surface area contributed by atoms with E-state index in [-0.39, 0.29) is 30.3 Å². The van der Waals surface area contributed by atoms with Crippen molar-refractivity contribution in [1.29, 1.82) is 0 Å². The lowest BCUT2D eigenvalue weighted by Crippen LogP contribution is -2.48. The largest absolute Gasteiger partial charge is 0.346 e. The molecule has 1 saturated heterocycles. The molecule has 1 fully saturated rings. The van der Waals surface area contributed by atoms with Gasteiger partial charge in [0, 0.05) is 12.6 Å². The van der Waals surface area contributed by atoms with Crippen LogP contribution in [-0.2, 0) is 9.59 Å². The van der Waals surface area contributed by atoms with Crippen LogP contribution in [-0.4, -0.2) is 41.9 Å². The van der Waals surface area contributed by atoms with Crippen molar-refractivity contribution in [2.75, 3.05) is 13.1 Å². The Kier molecular flexibility index (Phi) is 5.14. The number of nitrogens with one attached hydrogen (secondary N) is 1. The Bertz CT molecular complexity index is 317. The second-order valence-electron chi connectivity index (χ2n) is 5.72. The molecule has 1 heterocycles. The third-order valence-corrected chi connectivity index (χ3v) is 3.54. The van der Waals surface area contributed by atoms with Crippen LogP contribution in [0.2, 0.25) is 0 Å². The molecular formula is C13H25N3O2.